The van der Waals surface area contributed by atoms with Crippen molar-refractivity contribution in [2.45, 2.75) is 38.2 Å². The topological polar surface area (TPSA) is 58.6 Å². The summed E-state index contributed by atoms with van der Waals surface area (Å²) in [4.78, 5) is 12.1. The number of amides is 1. The van der Waals surface area contributed by atoms with Crippen molar-refractivity contribution in [1.29, 1.82) is 0 Å². The van der Waals surface area contributed by atoms with Crippen LogP contribution in [0.4, 0.5) is 5.69 Å². The fraction of sp³-hybridized carbons (Fsp3) is 0.471. The first-order valence-electron chi connectivity index (χ1n) is 7.14. The molecule has 2 rings (SSSR count). The lowest BCUT2D eigenvalue weighted by atomic mass is 9.77. The van der Waals surface area contributed by atoms with Gasteiger partial charge in [-0.25, -0.2) is 0 Å². The molecule has 1 aromatic rings. The minimum Gasteiger partial charge on any atom is -0.384 e. The highest BCUT2D eigenvalue weighted by molar-refractivity contribution is 5.91. The Kier molecular flexibility index (Phi) is 5.00. The van der Waals surface area contributed by atoms with Gasteiger partial charge in [0.15, 0.2) is 0 Å². The first-order valence-corrected chi connectivity index (χ1v) is 7.14. The summed E-state index contributed by atoms with van der Waals surface area (Å²) in [5.74, 6) is 5.47. The molecule has 0 aliphatic heterocycles. The van der Waals surface area contributed by atoms with Gasteiger partial charge >= 0.3 is 0 Å². The van der Waals surface area contributed by atoms with E-state index in [1.165, 1.54) is 0 Å². The van der Waals surface area contributed by atoms with Crippen LogP contribution in [0.3, 0.4) is 0 Å². The molecule has 4 nitrogen and oxygen atoms in total. The minimum atomic E-state index is -0.258. The van der Waals surface area contributed by atoms with Gasteiger partial charge in [-0.3, -0.25) is 4.79 Å². The number of methoxy groups -OCH3 is 1. The SMILES string of the molecule is COC1(CC(=O)Nc2ccc(C#CCO)c(C)c2)CCC1. The molecule has 0 spiro atoms. The molecule has 0 unspecified atom stereocenters. The zero-order chi connectivity index (χ0) is 15.3. The summed E-state index contributed by atoms with van der Waals surface area (Å²) < 4.78 is 5.47. The maximum atomic E-state index is 12.1. The van der Waals surface area contributed by atoms with Crippen molar-refractivity contribution in [2.24, 2.45) is 0 Å². The highest BCUT2D eigenvalue weighted by Gasteiger charge is 2.38. The summed E-state index contributed by atoms with van der Waals surface area (Å²) in [7, 11) is 1.67. The molecule has 0 atom stereocenters. The lowest BCUT2D eigenvalue weighted by Crippen LogP contribution is -2.42. The van der Waals surface area contributed by atoms with E-state index in [2.05, 4.69) is 17.2 Å². The summed E-state index contributed by atoms with van der Waals surface area (Å²) in [6.45, 7) is 1.77. The minimum absolute atomic E-state index is 0.0230. The smallest absolute Gasteiger partial charge is 0.227 e. The van der Waals surface area contributed by atoms with Gasteiger partial charge in [0.1, 0.15) is 6.61 Å². The highest BCUT2D eigenvalue weighted by Crippen LogP contribution is 2.38. The fourth-order valence-corrected chi connectivity index (χ4v) is 2.54. The third-order valence-electron chi connectivity index (χ3n) is 3.99. The second-order valence-electron chi connectivity index (χ2n) is 5.46. The summed E-state index contributed by atoms with van der Waals surface area (Å²) >= 11 is 0. The third-order valence-corrected chi connectivity index (χ3v) is 3.99. The number of ether oxygens (including phenoxy) is 1. The maximum Gasteiger partial charge on any atom is 0.227 e. The second-order valence-corrected chi connectivity index (χ2v) is 5.46. The molecule has 21 heavy (non-hydrogen) atoms. The van der Waals surface area contributed by atoms with Gasteiger partial charge < -0.3 is 15.2 Å². The molecule has 112 valence electrons. The van der Waals surface area contributed by atoms with Gasteiger partial charge in [-0.2, -0.15) is 0 Å². The van der Waals surface area contributed by atoms with E-state index in [9.17, 15) is 4.79 Å². The molecule has 1 aliphatic rings. The van der Waals surface area contributed by atoms with Crippen LogP contribution in [0.1, 0.15) is 36.8 Å². The Bertz CT molecular complexity index is 574. The van der Waals surface area contributed by atoms with Crippen molar-refractivity contribution >= 4 is 11.6 Å². The van der Waals surface area contributed by atoms with Crippen molar-refractivity contribution in [3.05, 3.63) is 29.3 Å². The first-order chi connectivity index (χ1) is 10.1. The zero-order valence-electron chi connectivity index (χ0n) is 12.5. The predicted octanol–water partition coefficient (Wildman–Crippen LogP) is 2.24. The summed E-state index contributed by atoms with van der Waals surface area (Å²) in [5.41, 5.74) is 2.33. The maximum absolute atomic E-state index is 12.1. The van der Waals surface area contributed by atoms with E-state index in [-0.39, 0.29) is 18.1 Å². The standard InChI is InChI=1S/C17H21NO3/c1-13-11-15(7-6-14(13)5-3-10-19)18-16(20)12-17(21-2)8-4-9-17/h6-7,11,19H,4,8-10,12H2,1-2H3,(H,18,20). The predicted molar refractivity (Wildman–Crippen MR) is 82.0 cm³/mol. The molecular weight excluding hydrogens is 266 g/mol. The number of rotatable bonds is 4. The Labute approximate surface area is 125 Å². The van der Waals surface area contributed by atoms with Crippen LogP contribution in [0.5, 0.6) is 0 Å². The van der Waals surface area contributed by atoms with Crippen molar-refractivity contribution in [2.75, 3.05) is 19.0 Å². The van der Waals surface area contributed by atoms with Gasteiger partial charge in [-0.1, -0.05) is 11.8 Å². The van der Waals surface area contributed by atoms with Crippen LogP contribution in [0.15, 0.2) is 18.2 Å². The number of nitrogens with one attached hydrogen (secondary N) is 1. The summed E-state index contributed by atoms with van der Waals surface area (Å²) in [5, 5.41) is 11.6. The van der Waals surface area contributed by atoms with Crippen LogP contribution >= 0.6 is 0 Å². The van der Waals surface area contributed by atoms with Gasteiger partial charge in [0.25, 0.3) is 0 Å². The van der Waals surface area contributed by atoms with E-state index >= 15 is 0 Å². The molecule has 2 N–H and O–H groups in total. The van der Waals surface area contributed by atoms with Gasteiger partial charge in [-0.15, -0.1) is 0 Å². The Morgan fingerprint density at radius 3 is 2.76 bits per heavy atom. The van der Waals surface area contributed by atoms with Crippen molar-refractivity contribution in [3.8, 4) is 11.8 Å². The van der Waals surface area contributed by atoms with Gasteiger partial charge in [0.05, 0.1) is 12.0 Å². The molecule has 1 amide bonds. The Balaban J connectivity index is 1.99. The lowest BCUT2D eigenvalue weighted by molar-refractivity contribution is -0.129. The van der Waals surface area contributed by atoms with Crippen LogP contribution in [0.2, 0.25) is 0 Å². The average molecular weight is 287 g/mol. The molecule has 1 aromatic carbocycles. The molecule has 0 radical (unpaired) electrons. The summed E-state index contributed by atoms with van der Waals surface area (Å²) in [6.07, 6.45) is 3.42. The van der Waals surface area contributed by atoms with Crippen LogP contribution in [0.25, 0.3) is 0 Å². The average Bonchev–Trinajstić information content (AvgIpc) is 2.42. The van der Waals surface area contributed by atoms with Gasteiger partial charge in [0, 0.05) is 18.4 Å². The zero-order valence-corrected chi connectivity index (χ0v) is 12.5. The largest absolute Gasteiger partial charge is 0.384 e. The van der Waals surface area contributed by atoms with Crippen molar-refractivity contribution < 1.29 is 14.6 Å². The Morgan fingerprint density at radius 2 is 2.24 bits per heavy atom. The van der Waals surface area contributed by atoms with Crippen LogP contribution in [-0.4, -0.2) is 30.3 Å². The van der Waals surface area contributed by atoms with Crippen LogP contribution < -0.4 is 5.32 Å². The molecule has 0 saturated heterocycles. The number of aliphatic hydroxyl groups excluding tert-OH is 1. The monoisotopic (exact) mass is 287 g/mol. The van der Waals surface area contributed by atoms with Crippen LogP contribution in [-0.2, 0) is 9.53 Å². The quantitative estimate of drug-likeness (QED) is 0.835. The third kappa shape index (κ3) is 3.84. The van der Waals surface area contributed by atoms with E-state index in [1.807, 2.05) is 25.1 Å². The van der Waals surface area contributed by atoms with Crippen molar-refractivity contribution in [3.63, 3.8) is 0 Å². The second kappa shape index (κ2) is 6.75. The molecule has 4 heteroatoms. The van der Waals surface area contributed by atoms with E-state index in [0.29, 0.717) is 6.42 Å². The molecule has 0 heterocycles. The number of hydrogen-bond acceptors (Lipinski definition) is 3. The van der Waals surface area contributed by atoms with Gasteiger partial charge in [-0.05, 0) is 49.9 Å². The van der Waals surface area contributed by atoms with Crippen LogP contribution in [0, 0.1) is 18.8 Å². The molecule has 1 saturated carbocycles. The molecule has 0 aromatic heterocycles. The molecular formula is C17H21NO3. The number of aliphatic hydroxyl groups is 1. The van der Waals surface area contributed by atoms with E-state index < -0.39 is 0 Å². The first kappa shape index (κ1) is 15.6. The fourth-order valence-electron chi connectivity index (χ4n) is 2.54. The number of benzene rings is 1. The molecule has 0 bridgehead atoms. The van der Waals surface area contributed by atoms with E-state index in [1.54, 1.807) is 7.11 Å². The van der Waals surface area contributed by atoms with E-state index in [0.717, 1.165) is 36.1 Å². The summed E-state index contributed by atoms with van der Waals surface area (Å²) in [6, 6.07) is 5.56. The lowest BCUT2D eigenvalue weighted by Gasteiger charge is -2.39. The Morgan fingerprint density at radius 1 is 1.48 bits per heavy atom. The normalized spacial score (nSPS) is 15.6. The van der Waals surface area contributed by atoms with Crippen molar-refractivity contribution in [1.82, 2.24) is 0 Å². The number of anilines is 1. The number of aryl methyl sites for hydroxylation is 1. The number of carbonyl (C=O) groups excluding carboxylic acids is 1. The number of carbonyl (C=O) groups is 1. The number of hydrogen-bond donors (Lipinski definition) is 2. The Hall–Kier alpha value is -1.83. The molecule has 1 aliphatic carbocycles. The van der Waals surface area contributed by atoms with Gasteiger partial charge in [0.2, 0.25) is 5.91 Å². The highest BCUT2D eigenvalue weighted by atomic mass is 16.5. The van der Waals surface area contributed by atoms with E-state index in [4.69, 9.17) is 9.84 Å². The molecule has 1 fully saturated rings.